The number of carbonyl (C=O) groups excluding carboxylic acids is 1. The van der Waals surface area contributed by atoms with E-state index in [0.29, 0.717) is 11.6 Å². The number of benzene rings is 1. The molecule has 0 spiro atoms. The van der Waals surface area contributed by atoms with Crippen LogP contribution in [0.1, 0.15) is 18.5 Å². The Morgan fingerprint density at radius 3 is 2.81 bits per heavy atom. The standard InChI is InChI=1S/C11H13ClFNO2/c1-3-14-10(11(15)16-2)8-5-4-7(12)6-9(8)13/h4-6,10,14H,3H2,1-2H3. The highest BCUT2D eigenvalue weighted by Crippen LogP contribution is 2.21. The van der Waals surface area contributed by atoms with Gasteiger partial charge in [0.2, 0.25) is 0 Å². The molecule has 0 amide bonds. The van der Waals surface area contributed by atoms with Crippen molar-refractivity contribution in [1.82, 2.24) is 5.32 Å². The Balaban J connectivity index is 3.05. The number of hydrogen-bond donors (Lipinski definition) is 1. The molecule has 1 unspecified atom stereocenters. The minimum absolute atomic E-state index is 0.234. The summed E-state index contributed by atoms with van der Waals surface area (Å²) in [7, 11) is 1.26. The number of halogens is 2. The van der Waals surface area contributed by atoms with Gasteiger partial charge in [0, 0.05) is 10.6 Å². The Bertz CT molecular complexity index is 384. The quantitative estimate of drug-likeness (QED) is 0.828. The lowest BCUT2D eigenvalue weighted by molar-refractivity contribution is -0.143. The van der Waals surface area contributed by atoms with E-state index in [9.17, 15) is 9.18 Å². The van der Waals surface area contributed by atoms with Crippen LogP contribution in [0.4, 0.5) is 4.39 Å². The van der Waals surface area contributed by atoms with Crippen molar-refractivity contribution >= 4 is 17.6 Å². The third-order valence-electron chi connectivity index (χ3n) is 2.12. The maximum Gasteiger partial charge on any atom is 0.327 e. The van der Waals surface area contributed by atoms with Gasteiger partial charge in [-0.15, -0.1) is 0 Å². The van der Waals surface area contributed by atoms with E-state index in [2.05, 4.69) is 10.1 Å². The number of methoxy groups -OCH3 is 1. The maximum atomic E-state index is 13.6. The highest BCUT2D eigenvalue weighted by molar-refractivity contribution is 6.30. The molecular weight excluding hydrogens is 233 g/mol. The molecule has 16 heavy (non-hydrogen) atoms. The van der Waals surface area contributed by atoms with Gasteiger partial charge in [0.05, 0.1) is 7.11 Å². The van der Waals surface area contributed by atoms with Gasteiger partial charge >= 0.3 is 5.97 Å². The maximum absolute atomic E-state index is 13.6. The van der Waals surface area contributed by atoms with Gasteiger partial charge in [-0.1, -0.05) is 24.6 Å². The largest absolute Gasteiger partial charge is 0.468 e. The van der Waals surface area contributed by atoms with Gasteiger partial charge in [-0.05, 0) is 18.7 Å². The Morgan fingerprint density at radius 2 is 2.31 bits per heavy atom. The fraction of sp³-hybridized carbons (Fsp3) is 0.364. The number of esters is 1. The van der Waals surface area contributed by atoms with Gasteiger partial charge in [0.15, 0.2) is 0 Å². The highest BCUT2D eigenvalue weighted by Gasteiger charge is 2.23. The molecule has 0 fully saturated rings. The molecule has 0 bridgehead atoms. The van der Waals surface area contributed by atoms with Gasteiger partial charge in [-0.3, -0.25) is 0 Å². The van der Waals surface area contributed by atoms with Crippen LogP contribution in [0.3, 0.4) is 0 Å². The SMILES string of the molecule is CCNC(C(=O)OC)c1ccc(Cl)cc1F. The van der Waals surface area contributed by atoms with E-state index in [4.69, 9.17) is 11.6 Å². The summed E-state index contributed by atoms with van der Waals surface area (Å²) in [5.41, 5.74) is 0.234. The molecule has 1 rings (SSSR count). The van der Waals surface area contributed by atoms with E-state index < -0.39 is 17.8 Å². The van der Waals surface area contributed by atoms with Crippen molar-refractivity contribution in [3.8, 4) is 0 Å². The summed E-state index contributed by atoms with van der Waals surface area (Å²) in [6.07, 6.45) is 0. The first-order chi connectivity index (χ1) is 7.60. The predicted molar refractivity (Wildman–Crippen MR) is 59.8 cm³/mol. The first kappa shape index (κ1) is 12.9. The normalized spacial score (nSPS) is 12.2. The van der Waals surface area contributed by atoms with Crippen LogP contribution in [-0.2, 0) is 9.53 Å². The van der Waals surface area contributed by atoms with Crippen molar-refractivity contribution in [3.05, 3.63) is 34.6 Å². The number of hydrogen-bond acceptors (Lipinski definition) is 3. The average molecular weight is 246 g/mol. The minimum Gasteiger partial charge on any atom is -0.468 e. The van der Waals surface area contributed by atoms with Crippen LogP contribution in [0.15, 0.2) is 18.2 Å². The molecule has 1 aromatic carbocycles. The Morgan fingerprint density at radius 1 is 1.62 bits per heavy atom. The molecule has 3 nitrogen and oxygen atoms in total. The third kappa shape index (κ3) is 2.93. The highest BCUT2D eigenvalue weighted by atomic mass is 35.5. The van der Waals surface area contributed by atoms with E-state index >= 15 is 0 Å². The smallest absolute Gasteiger partial charge is 0.327 e. The average Bonchev–Trinajstić information content (AvgIpc) is 2.26. The zero-order chi connectivity index (χ0) is 12.1. The van der Waals surface area contributed by atoms with Crippen molar-refractivity contribution in [2.24, 2.45) is 0 Å². The Labute approximate surface area is 98.5 Å². The summed E-state index contributed by atoms with van der Waals surface area (Å²) >= 11 is 5.64. The van der Waals surface area contributed by atoms with E-state index in [1.807, 2.05) is 6.92 Å². The lowest BCUT2D eigenvalue weighted by Crippen LogP contribution is -2.30. The number of nitrogens with one attached hydrogen (secondary N) is 1. The van der Waals surface area contributed by atoms with Gasteiger partial charge < -0.3 is 10.1 Å². The molecule has 0 aromatic heterocycles. The second-order valence-corrected chi connectivity index (χ2v) is 3.62. The summed E-state index contributed by atoms with van der Waals surface area (Å²) in [5.74, 6) is -1.05. The van der Waals surface area contributed by atoms with Crippen LogP contribution in [0.25, 0.3) is 0 Å². The van der Waals surface area contributed by atoms with Crippen LogP contribution in [0, 0.1) is 5.82 Å². The summed E-state index contributed by atoms with van der Waals surface area (Å²) in [6, 6.07) is 3.38. The number of likely N-dealkylation sites (N-methyl/N-ethyl adjacent to an activating group) is 1. The predicted octanol–water partition coefficient (Wildman–Crippen LogP) is 2.30. The first-order valence-corrected chi connectivity index (χ1v) is 5.24. The third-order valence-corrected chi connectivity index (χ3v) is 2.35. The van der Waals surface area contributed by atoms with Crippen molar-refractivity contribution in [3.63, 3.8) is 0 Å². The molecule has 0 radical (unpaired) electrons. The van der Waals surface area contributed by atoms with Gasteiger partial charge in [-0.25, -0.2) is 9.18 Å². The molecule has 0 aliphatic rings. The van der Waals surface area contributed by atoms with Crippen molar-refractivity contribution in [2.75, 3.05) is 13.7 Å². The van der Waals surface area contributed by atoms with Crippen molar-refractivity contribution in [1.29, 1.82) is 0 Å². The molecule has 1 aromatic rings. The molecule has 88 valence electrons. The molecular formula is C11H13ClFNO2. The summed E-state index contributed by atoms with van der Waals surface area (Å²) in [4.78, 5) is 11.5. The van der Waals surface area contributed by atoms with E-state index in [1.54, 1.807) is 0 Å². The minimum atomic E-state index is -0.799. The first-order valence-electron chi connectivity index (χ1n) is 4.86. The van der Waals surface area contributed by atoms with Gasteiger partial charge in [0.1, 0.15) is 11.9 Å². The van der Waals surface area contributed by atoms with Crippen LogP contribution in [-0.4, -0.2) is 19.6 Å². The van der Waals surface area contributed by atoms with Crippen LogP contribution >= 0.6 is 11.6 Å². The zero-order valence-electron chi connectivity index (χ0n) is 9.09. The fourth-order valence-electron chi connectivity index (χ4n) is 1.38. The molecule has 5 heteroatoms. The van der Waals surface area contributed by atoms with E-state index in [-0.39, 0.29) is 5.56 Å². The van der Waals surface area contributed by atoms with Crippen LogP contribution in [0.5, 0.6) is 0 Å². The monoisotopic (exact) mass is 245 g/mol. The topological polar surface area (TPSA) is 38.3 Å². The van der Waals surface area contributed by atoms with Gasteiger partial charge in [0.25, 0.3) is 0 Å². The molecule has 0 aliphatic heterocycles. The van der Waals surface area contributed by atoms with Crippen molar-refractivity contribution in [2.45, 2.75) is 13.0 Å². The summed E-state index contributed by atoms with van der Waals surface area (Å²) in [5, 5.41) is 3.15. The Hall–Kier alpha value is -1.13. The van der Waals surface area contributed by atoms with Crippen LogP contribution in [0.2, 0.25) is 5.02 Å². The molecule has 1 atom stereocenters. The fourth-order valence-corrected chi connectivity index (χ4v) is 1.54. The number of ether oxygens (including phenoxy) is 1. The van der Waals surface area contributed by atoms with Crippen LogP contribution < -0.4 is 5.32 Å². The van der Waals surface area contributed by atoms with E-state index in [1.165, 1.54) is 25.3 Å². The molecule has 0 saturated heterocycles. The molecule has 0 heterocycles. The number of carbonyl (C=O) groups is 1. The lowest BCUT2D eigenvalue weighted by atomic mass is 10.1. The summed E-state index contributed by atoms with van der Waals surface area (Å²) < 4.78 is 18.2. The van der Waals surface area contributed by atoms with E-state index in [0.717, 1.165) is 0 Å². The van der Waals surface area contributed by atoms with Crippen molar-refractivity contribution < 1.29 is 13.9 Å². The molecule has 0 saturated carbocycles. The summed E-state index contributed by atoms with van der Waals surface area (Å²) in [6.45, 7) is 2.35. The van der Waals surface area contributed by atoms with Gasteiger partial charge in [-0.2, -0.15) is 0 Å². The second-order valence-electron chi connectivity index (χ2n) is 3.18. The second kappa shape index (κ2) is 5.82. The lowest BCUT2D eigenvalue weighted by Gasteiger charge is -2.16. The zero-order valence-corrected chi connectivity index (χ0v) is 9.84. The number of rotatable bonds is 4. The molecule has 1 N–H and O–H groups in total. The Kier molecular flexibility index (Phi) is 4.71. The molecule has 0 aliphatic carbocycles.